The molecule has 0 aliphatic carbocycles. The monoisotopic (exact) mass is 184 g/mol. The zero-order valence-electron chi connectivity index (χ0n) is 7.14. The number of benzene rings is 1. The fraction of sp³-hybridized carbons (Fsp3) is 0.333. The SMILES string of the molecule is OCCOc1ccc(OCO)cc1. The third kappa shape index (κ3) is 3.31. The maximum Gasteiger partial charge on any atom is 0.186 e. The molecule has 0 aromatic heterocycles. The standard InChI is InChI=1S/C9H12O4/c10-5-6-12-8-1-3-9(4-2-8)13-7-11/h1-4,10-11H,5-7H2. The van der Waals surface area contributed by atoms with E-state index in [1.807, 2.05) is 0 Å². The summed E-state index contributed by atoms with van der Waals surface area (Å²) in [7, 11) is 0. The fourth-order valence-electron chi connectivity index (χ4n) is 0.870. The minimum absolute atomic E-state index is 0.00507. The van der Waals surface area contributed by atoms with E-state index in [4.69, 9.17) is 19.7 Å². The Labute approximate surface area is 76.3 Å². The number of hydrogen-bond acceptors (Lipinski definition) is 4. The average Bonchev–Trinajstić information content (AvgIpc) is 2.17. The van der Waals surface area contributed by atoms with Gasteiger partial charge in [0.1, 0.15) is 18.1 Å². The summed E-state index contributed by atoms with van der Waals surface area (Å²) >= 11 is 0. The molecular weight excluding hydrogens is 172 g/mol. The predicted molar refractivity (Wildman–Crippen MR) is 46.7 cm³/mol. The van der Waals surface area contributed by atoms with Gasteiger partial charge in [-0.1, -0.05) is 0 Å². The van der Waals surface area contributed by atoms with Crippen molar-refractivity contribution in [1.82, 2.24) is 0 Å². The van der Waals surface area contributed by atoms with E-state index < -0.39 is 0 Å². The van der Waals surface area contributed by atoms with Gasteiger partial charge in [-0.05, 0) is 24.3 Å². The summed E-state index contributed by atoms with van der Waals surface area (Å²) in [5.74, 6) is 1.25. The highest BCUT2D eigenvalue weighted by Crippen LogP contribution is 2.16. The van der Waals surface area contributed by atoms with Crippen molar-refractivity contribution < 1.29 is 19.7 Å². The minimum Gasteiger partial charge on any atom is -0.491 e. The van der Waals surface area contributed by atoms with Crippen molar-refractivity contribution in [3.8, 4) is 11.5 Å². The molecule has 0 bridgehead atoms. The molecule has 13 heavy (non-hydrogen) atoms. The largest absolute Gasteiger partial charge is 0.491 e. The Hall–Kier alpha value is -1.26. The van der Waals surface area contributed by atoms with Crippen molar-refractivity contribution in [1.29, 1.82) is 0 Å². The summed E-state index contributed by atoms with van der Waals surface area (Å²) in [4.78, 5) is 0. The molecule has 0 spiro atoms. The van der Waals surface area contributed by atoms with Crippen LogP contribution in [0.3, 0.4) is 0 Å². The van der Waals surface area contributed by atoms with Gasteiger partial charge in [0, 0.05) is 0 Å². The Morgan fingerprint density at radius 2 is 1.46 bits per heavy atom. The smallest absolute Gasteiger partial charge is 0.186 e. The van der Waals surface area contributed by atoms with Gasteiger partial charge < -0.3 is 19.7 Å². The first-order chi connectivity index (χ1) is 6.36. The highest BCUT2D eigenvalue weighted by atomic mass is 16.6. The van der Waals surface area contributed by atoms with Crippen LogP contribution in [0.5, 0.6) is 11.5 Å². The number of hydrogen-bond donors (Lipinski definition) is 2. The molecule has 0 amide bonds. The summed E-state index contributed by atoms with van der Waals surface area (Å²) in [6, 6.07) is 6.78. The van der Waals surface area contributed by atoms with Crippen LogP contribution in [0.25, 0.3) is 0 Å². The molecule has 0 saturated carbocycles. The molecule has 1 rings (SSSR count). The van der Waals surface area contributed by atoms with Crippen molar-refractivity contribution >= 4 is 0 Å². The number of rotatable bonds is 5. The van der Waals surface area contributed by atoms with Crippen LogP contribution in [0, 0.1) is 0 Å². The maximum absolute atomic E-state index is 8.48. The number of aliphatic hydroxyl groups excluding tert-OH is 2. The number of aliphatic hydroxyl groups is 2. The molecule has 0 aliphatic rings. The van der Waals surface area contributed by atoms with Gasteiger partial charge in [-0.3, -0.25) is 0 Å². The molecule has 72 valence electrons. The molecule has 4 heteroatoms. The topological polar surface area (TPSA) is 58.9 Å². The molecule has 0 fully saturated rings. The van der Waals surface area contributed by atoms with Crippen molar-refractivity contribution in [2.75, 3.05) is 20.0 Å². The van der Waals surface area contributed by atoms with Gasteiger partial charge in [0.2, 0.25) is 0 Å². The molecule has 0 heterocycles. The first-order valence-corrected chi connectivity index (χ1v) is 3.94. The van der Waals surface area contributed by atoms with Crippen LogP contribution >= 0.6 is 0 Å². The molecule has 0 atom stereocenters. The minimum atomic E-state index is -0.336. The van der Waals surface area contributed by atoms with E-state index in [0.717, 1.165) is 0 Å². The second-order valence-corrected chi connectivity index (χ2v) is 2.32. The van der Waals surface area contributed by atoms with Crippen LogP contribution in [0.1, 0.15) is 0 Å². The Morgan fingerprint density at radius 3 is 1.92 bits per heavy atom. The quantitative estimate of drug-likeness (QED) is 0.650. The lowest BCUT2D eigenvalue weighted by atomic mass is 10.3. The van der Waals surface area contributed by atoms with E-state index >= 15 is 0 Å². The molecule has 1 aromatic carbocycles. The van der Waals surface area contributed by atoms with Crippen molar-refractivity contribution in [3.05, 3.63) is 24.3 Å². The van der Waals surface area contributed by atoms with Crippen LogP contribution < -0.4 is 9.47 Å². The Balaban J connectivity index is 2.48. The molecular formula is C9H12O4. The Bertz CT molecular complexity index is 232. The molecule has 0 saturated heterocycles. The molecule has 0 radical (unpaired) electrons. The number of ether oxygens (including phenoxy) is 2. The molecule has 1 aromatic rings. The van der Waals surface area contributed by atoms with E-state index in [1.54, 1.807) is 24.3 Å². The summed E-state index contributed by atoms with van der Waals surface area (Å²) in [5, 5.41) is 16.9. The second kappa shape index (κ2) is 5.40. The average molecular weight is 184 g/mol. The highest BCUT2D eigenvalue weighted by Gasteiger charge is 1.94. The van der Waals surface area contributed by atoms with Gasteiger partial charge in [0.15, 0.2) is 6.79 Å². The van der Waals surface area contributed by atoms with Crippen LogP contribution in [0.2, 0.25) is 0 Å². The van der Waals surface area contributed by atoms with Crippen molar-refractivity contribution in [2.24, 2.45) is 0 Å². The van der Waals surface area contributed by atoms with Crippen LogP contribution in [0.15, 0.2) is 24.3 Å². The third-order valence-electron chi connectivity index (χ3n) is 1.41. The van der Waals surface area contributed by atoms with Gasteiger partial charge in [0.05, 0.1) is 6.61 Å². The zero-order chi connectivity index (χ0) is 9.52. The summed E-state index contributed by atoms with van der Waals surface area (Å²) < 4.78 is 9.94. The first kappa shape index (κ1) is 9.83. The zero-order valence-corrected chi connectivity index (χ0v) is 7.14. The van der Waals surface area contributed by atoms with E-state index in [-0.39, 0.29) is 20.0 Å². The normalized spacial score (nSPS) is 9.69. The van der Waals surface area contributed by atoms with Gasteiger partial charge >= 0.3 is 0 Å². The second-order valence-electron chi connectivity index (χ2n) is 2.32. The van der Waals surface area contributed by atoms with Crippen LogP contribution in [-0.2, 0) is 0 Å². The summed E-state index contributed by atoms with van der Waals surface area (Å²) in [6.07, 6.45) is 0. The maximum atomic E-state index is 8.48. The lowest BCUT2D eigenvalue weighted by Gasteiger charge is -2.05. The van der Waals surface area contributed by atoms with E-state index in [9.17, 15) is 0 Å². The Morgan fingerprint density at radius 1 is 0.923 bits per heavy atom. The molecule has 2 N–H and O–H groups in total. The van der Waals surface area contributed by atoms with Gasteiger partial charge in [-0.2, -0.15) is 0 Å². The highest BCUT2D eigenvalue weighted by molar-refractivity contribution is 5.31. The lowest BCUT2D eigenvalue weighted by molar-refractivity contribution is 0.0984. The van der Waals surface area contributed by atoms with E-state index in [2.05, 4.69) is 0 Å². The van der Waals surface area contributed by atoms with Crippen molar-refractivity contribution in [3.63, 3.8) is 0 Å². The third-order valence-corrected chi connectivity index (χ3v) is 1.41. The summed E-state index contributed by atoms with van der Waals surface area (Å²) in [5.41, 5.74) is 0. The molecule has 0 aliphatic heterocycles. The van der Waals surface area contributed by atoms with Crippen LogP contribution in [0.4, 0.5) is 0 Å². The van der Waals surface area contributed by atoms with E-state index in [0.29, 0.717) is 11.5 Å². The fourth-order valence-corrected chi connectivity index (χ4v) is 0.870. The van der Waals surface area contributed by atoms with Crippen molar-refractivity contribution in [2.45, 2.75) is 0 Å². The predicted octanol–water partition coefficient (Wildman–Crippen LogP) is 0.386. The Kier molecular flexibility index (Phi) is 4.08. The summed E-state index contributed by atoms with van der Waals surface area (Å²) in [6.45, 7) is -0.0636. The van der Waals surface area contributed by atoms with Gasteiger partial charge in [-0.25, -0.2) is 0 Å². The van der Waals surface area contributed by atoms with Gasteiger partial charge in [0.25, 0.3) is 0 Å². The first-order valence-electron chi connectivity index (χ1n) is 3.94. The van der Waals surface area contributed by atoms with Gasteiger partial charge in [-0.15, -0.1) is 0 Å². The van der Waals surface area contributed by atoms with E-state index in [1.165, 1.54) is 0 Å². The lowest BCUT2D eigenvalue weighted by Crippen LogP contribution is -2.01. The molecule has 0 unspecified atom stereocenters. The van der Waals surface area contributed by atoms with Crippen LogP contribution in [-0.4, -0.2) is 30.2 Å². The molecule has 4 nitrogen and oxygen atoms in total.